The van der Waals surface area contributed by atoms with E-state index in [0.717, 1.165) is 6.07 Å². The van der Waals surface area contributed by atoms with E-state index < -0.39 is 33.6 Å². The first kappa shape index (κ1) is 19.5. The van der Waals surface area contributed by atoms with Crippen LogP contribution < -0.4 is 4.74 Å². The molecular weight excluding hydrogens is 369 g/mol. The molecule has 0 radical (unpaired) electrons. The number of halogens is 3. The number of hydrogen-bond acceptors (Lipinski definition) is 6. The van der Waals surface area contributed by atoms with Crippen molar-refractivity contribution >= 4 is 16.1 Å². The Morgan fingerprint density at radius 1 is 1.40 bits per heavy atom. The summed E-state index contributed by atoms with van der Waals surface area (Å²) in [5, 5.41) is 0. The number of esters is 1. The SMILES string of the molecule is CC(CS(=O)(=O)O)(OC(=O)c1cccc(OCC2CO2)c1)C(F)(F)F. The van der Waals surface area contributed by atoms with Gasteiger partial charge in [0.1, 0.15) is 24.2 Å². The third-order valence-corrected chi connectivity index (χ3v) is 4.20. The molecule has 7 nitrogen and oxygen atoms in total. The van der Waals surface area contributed by atoms with Crippen molar-refractivity contribution in [3.8, 4) is 5.75 Å². The standard InChI is InChI=1S/C14H15F3O7S/c1-13(14(15,16)17,8-25(19,20)21)24-12(18)9-3-2-4-10(5-9)22-6-11-7-23-11/h2-5,11H,6-8H2,1H3,(H,19,20,21). The maximum absolute atomic E-state index is 13.1. The smallest absolute Gasteiger partial charge is 0.429 e. The second kappa shape index (κ2) is 6.81. The van der Waals surface area contributed by atoms with Gasteiger partial charge in [-0.2, -0.15) is 21.6 Å². The molecule has 0 aromatic heterocycles. The van der Waals surface area contributed by atoms with Crippen LogP contribution in [-0.4, -0.2) is 55.8 Å². The van der Waals surface area contributed by atoms with E-state index in [2.05, 4.69) is 4.74 Å². The summed E-state index contributed by atoms with van der Waals surface area (Å²) in [6.45, 7) is 1.13. The number of alkyl halides is 3. The average Bonchev–Trinajstić information content (AvgIpc) is 3.26. The van der Waals surface area contributed by atoms with Gasteiger partial charge in [0.05, 0.1) is 12.2 Å². The van der Waals surface area contributed by atoms with E-state index in [4.69, 9.17) is 14.0 Å². The molecule has 1 fully saturated rings. The van der Waals surface area contributed by atoms with Crippen molar-refractivity contribution in [2.24, 2.45) is 0 Å². The molecule has 11 heteroatoms. The number of epoxide rings is 1. The van der Waals surface area contributed by atoms with Crippen LogP contribution in [0.5, 0.6) is 5.75 Å². The molecule has 0 saturated carbocycles. The van der Waals surface area contributed by atoms with Crippen LogP contribution in [0.15, 0.2) is 24.3 Å². The minimum absolute atomic E-state index is 0.0566. The van der Waals surface area contributed by atoms with Gasteiger partial charge in [0.2, 0.25) is 5.60 Å². The molecule has 1 N–H and O–H groups in total. The van der Waals surface area contributed by atoms with Crippen molar-refractivity contribution in [1.82, 2.24) is 0 Å². The molecule has 1 aromatic rings. The van der Waals surface area contributed by atoms with E-state index in [0.29, 0.717) is 13.5 Å². The average molecular weight is 384 g/mol. The molecule has 1 aliphatic heterocycles. The van der Waals surface area contributed by atoms with Crippen LogP contribution in [0.2, 0.25) is 0 Å². The van der Waals surface area contributed by atoms with Crippen LogP contribution in [0, 0.1) is 0 Å². The van der Waals surface area contributed by atoms with Crippen molar-refractivity contribution in [2.75, 3.05) is 19.0 Å². The lowest BCUT2D eigenvalue weighted by atomic mass is 10.1. The van der Waals surface area contributed by atoms with Crippen molar-refractivity contribution in [3.05, 3.63) is 29.8 Å². The molecule has 2 atom stereocenters. The van der Waals surface area contributed by atoms with Gasteiger partial charge in [0.15, 0.2) is 0 Å². The highest BCUT2D eigenvalue weighted by Crippen LogP contribution is 2.35. The Balaban J connectivity index is 2.15. The Morgan fingerprint density at radius 3 is 2.56 bits per heavy atom. The summed E-state index contributed by atoms with van der Waals surface area (Å²) in [7, 11) is -5.05. The van der Waals surface area contributed by atoms with Crippen LogP contribution in [0.1, 0.15) is 17.3 Å². The molecule has 0 spiro atoms. The predicted molar refractivity (Wildman–Crippen MR) is 78.0 cm³/mol. The third kappa shape index (κ3) is 5.58. The summed E-state index contributed by atoms with van der Waals surface area (Å²) in [5.41, 5.74) is -3.67. The second-order valence-electron chi connectivity index (χ2n) is 5.64. The van der Waals surface area contributed by atoms with Gasteiger partial charge < -0.3 is 14.2 Å². The quantitative estimate of drug-likeness (QED) is 0.435. The predicted octanol–water partition coefficient (Wildman–Crippen LogP) is 1.83. The van der Waals surface area contributed by atoms with Crippen molar-refractivity contribution in [2.45, 2.75) is 24.8 Å². The molecule has 1 saturated heterocycles. The van der Waals surface area contributed by atoms with Crippen molar-refractivity contribution < 1.29 is 45.1 Å². The largest absolute Gasteiger partial charge is 0.491 e. The Kier molecular flexibility index (Phi) is 5.30. The number of hydrogen-bond donors (Lipinski definition) is 1. The Labute approximate surface area is 141 Å². The zero-order valence-corrected chi connectivity index (χ0v) is 13.8. The molecule has 1 aromatic carbocycles. The van der Waals surface area contributed by atoms with E-state index in [1.807, 2.05) is 0 Å². The summed E-state index contributed by atoms with van der Waals surface area (Å²) in [6.07, 6.45) is -5.27. The molecular formula is C14H15F3O7S. The topological polar surface area (TPSA) is 102 Å². The lowest BCUT2D eigenvalue weighted by Gasteiger charge is -2.30. The minimum atomic E-state index is -5.21. The van der Waals surface area contributed by atoms with Crippen LogP contribution in [0.3, 0.4) is 0 Å². The minimum Gasteiger partial charge on any atom is -0.491 e. The van der Waals surface area contributed by atoms with E-state index in [9.17, 15) is 26.4 Å². The monoisotopic (exact) mass is 384 g/mol. The summed E-state index contributed by atoms with van der Waals surface area (Å²) in [5.74, 6) is -3.00. The third-order valence-electron chi connectivity index (χ3n) is 3.28. The summed E-state index contributed by atoms with van der Waals surface area (Å²) >= 11 is 0. The molecule has 140 valence electrons. The molecule has 0 bridgehead atoms. The second-order valence-corrected chi connectivity index (χ2v) is 7.09. The summed E-state index contributed by atoms with van der Waals surface area (Å²) < 4.78 is 84.4. The molecule has 0 aliphatic carbocycles. The van der Waals surface area contributed by atoms with E-state index in [1.54, 1.807) is 0 Å². The number of ether oxygens (including phenoxy) is 3. The lowest BCUT2D eigenvalue weighted by Crippen LogP contribution is -2.51. The highest BCUT2D eigenvalue weighted by atomic mass is 32.2. The van der Waals surface area contributed by atoms with E-state index in [-0.39, 0.29) is 24.0 Å². The van der Waals surface area contributed by atoms with Crippen LogP contribution in [0.25, 0.3) is 0 Å². The molecule has 2 unspecified atom stereocenters. The molecule has 1 heterocycles. The fourth-order valence-corrected chi connectivity index (χ4v) is 2.77. The number of carbonyl (C=O) groups is 1. The Hall–Kier alpha value is -1.85. The molecule has 1 aliphatic rings. The van der Waals surface area contributed by atoms with Gasteiger partial charge in [-0.1, -0.05) is 6.07 Å². The van der Waals surface area contributed by atoms with E-state index in [1.165, 1.54) is 18.2 Å². The number of rotatable bonds is 7. The first-order valence-electron chi connectivity index (χ1n) is 6.99. The fourth-order valence-electron chi connectivity index (χ4n) is 1.85. The van der Waals surface area contributed by atoms with Gasteiger partial charge in [-0.25, -0.2) is 4.79 Å². The van der Waals surface area contributed by atoms with Crippen molar-refractivity contribution in [3.63, 3.8) is 0 Å². The molecule has 25 heavy (non-hydrogen) atoms. The van der Waals surface area contributed by atoms with Gasteiger partial charge in [-0.15, -0.1) is 0 Å². The number of benzene rings is 1. The maximum atomic E-state index is 13.1. The normalized spacial score (nSPS) is 19.8. The highest BCUT2D eigenvalue weighted by Gasteiger charge is 2.57. The van der Waals surface area contributed by atoms with Gasteiger partial charge in [0.25, 0.3) is 10.1 Å². The summed E-state index contributed by atoms with van der Waals surface area (Å²) in [4.78, 5) is 12.0. The highest BCUT2D eigenvalue weighted by molar-refractivity contribution is 7.85. The Morgan fingerprint density at radius 2 is 2.04 bits per heavy atom. The maximum Gasteiger partial charge on any atom is 0.429 e. The van der Waals surface area contributed by atoms with Gasteiger partial charge >= 0.3 is 12.1 Å². The van der Waals surface area contributed by atoms with Crippen LogP contribution in [0.4, 0.5) is 13.2 Å². The van der Waals surface area contributed by atoms with Crippen LogP contribution >= 0.6 is 0 Å². The lowest BCUT2D eigenvalue weighted by molar-refractivity contribution is -0.243. The van der Waals surface area contributed by atoms with E-state index >= 15 is 0 Å². The van der Waals surface area contributed by atoms with Crippen molar-refractivity contribution in [1.29, 1.82) is 0 Å². The fraction of sp³-hybridized carbons (Fsp3) is 0.500. The zero-order valence-electron chi connectivity index (χ0n) is 12.9. The number of carbonyl (C=O) groups excluding carboxylic acids is 1. The van der Waals surface area contributed by atoms with Gasteiger partial charge in [-0.3, -0.25) is 4.55 Å². The Bertz CT molecular complexity index is 743. The molecule has 2 rings (SSSR count). The molecule has 0 amide bonds. The zero-order chi connectivity index (χ0) is 18.9. The summed E-state index contributed by atoms with van der Waals surface area (Å²) in [6, 6.07) is 5.20. The van der Waals surface area contributed by atoms with Crippen LogP contribution in [-0.2, 0) is 19.6 Å². The van der Waals surface area contributed by atoms with Gasteiger partial charge in [0, 0.05) is 0 Å². The first-order valence-corrected chi connectivity index (χ1v) is 8.60. The van der Waals surface area contributed by atoms with Gasteiger partial charge in [-0.05, 0) is 25.1 Å². The first-order chi connectivity index (χ1) is 11.4.